The van der Waals surface area contributed by atoms with Crippen molar-refractivity contribution in [3.63, 3.8) is 0 Å². The van der Waals surface area contributed by atoms with Gasteiger partial charge in [-0.25, -0.2) is 13.2 Å². The maximum Gasteiger partial charge on any atom is 0.307 e. The first kappa shape index (κ1) is 11.3. The third-order valence-corrected chi connectivity index (χ3v) is 1.64. The van der Waals surface area contributed by atoms with Gasteiger partial charge in [-0.05, 0) is 0 Å². The van der Waals surface area contributed by atoms with Crippen LogP contribution in [0.5, 0.6) is 0 Å². The van der Waals surface area contributed by atoms with E-state index in [4.69, 9.17) is 5.11 Å². The van der Waals surface area contributed by atoms with Crippen LogP contribution in [0.3, 0.4) is 0 Å². The van der Waals surface area contributed by atoms with Gasteiger partial charge in [-0.1, -0.05) is 0 Å². The Hall–Kier alpha value is -1.79. The minimum atomic E-state index is -3.19. The molecule has 0 spiro atoms. The molecule has 0 saturated carbocycles. The van der Waals surface area contributed by atoms with Gasteiger partial charge < -0.3 is 10.1 Å². The summed E-state index contributed by atoms with van der Waals surface area (Å²) >= 11 is 0. The summed E-state index contributed by atoms with van der Waals surface area (Å²) in [5.41, 5.74) is -2.69. The van der Waals surface area contributed by atoms with Gasteiger partial charge in [0.1, 0.15) is 5.69 Å². The molecule has 0 amide bonds. The number of aromatic nitrogens is 1. The van der Waals surface area contributed by atoms with Crippen molar-refractivity contribution in [1.29, 1.82) is 0 Å². The minimum Gasteiger partial charge on any atom is -0.481 e. The zero-order valence-corrected chi connectivity index (χ0v) is 7.26. The summed E-state index contributed by atoms with van der Waals surface area (Å²) in [6, 6.07) is 0.648. The number of carboxylic acid groups (broad SMARTS) is 1. The number of aromatic amines is 1. The average Bonchev–Trinajstić information content (AvgIpc) is 2.09. The Morgan fingerprint density at radius 3 is 2.60 bits per heavy atom. The molecule has 2 N–H and O–H groups in total. The molecule has 4 nitrogen and oxygen atoms in total. The molecule has 0 aromatic carbocycles. The maximum atomic E-state index is 13.2. The summed E-state index contributed by atoms with van der Waals surface area (Å²) in [7, 11) is 0. The summed E-state index contributed by atoms with van der Waals surface area (Å²) < 4.78 is 37.5. The molecule has 0 bridgehead atoms. The van der Waals surface area contributed by atoms with Gasteiger partial charge in [0, 0.05) is 11.6 Å². The molecule has 0 aliphatic heterocycles. The summed E-state index contributed by atoms with van der Waals surface area (Å²) in [6.45, 7) is 0. The molecule has 0 atom stereocenters. The third-order valence-electron chi connectivity index (χ3n) is 1.64. The molecule has 1 aromatic heterocycles. The minimum absolute atomic E-state index is 0.554. The summed E-state index contributed by atoms with van der Waals surface area (Å²) in [6.07, 6.45) is -4.00. The molecule has 1 rings (SSSR count). The van der Waals surface area contributed by atoms with E-state index < -0.39 is 41.4 Å². The first-order valence-electron chi connectivity index (χ1n) is 3.83. The predicted octanol–water partition coefficient (Wildman–Crippen LogP) is 1.08. The lowest BCUT2D eigenvalue weighted by Gasteiger charge is -2.04. The Kier molecular flexibility index (Phi) is 3.13. The SMILES string of the molecule is O=C(O)Cc1cc(=O)[nH]c(C(F)F)c1F. The van der Waals surface area contributed by atoms with Crippen molar-refractivity contribution >= 4 is 5.97 Å². The lowest BCUT2D eigenvalue weighted by Crippen LogP contribution is -2.15. The van der Waals surface area contributed by atoms with E-state index in [1.54, 1.807) is 4.98 Å². The molecule has 0 aliphatic carbocycles. The fourth-order valence-electron chi connectivity index (χ4n) is 1.06. The number of halogens is 3. The van der Waals surface area contributed by atoms with Crippen molar-refractivity contribution < 1.29 is 23.1 Å². The molecule has 0 radical (unpaired) electrons. The molecule has 1 aromatic rings. The van der Waals surface area contributed by atoms with Crippen molar-refractivity contribution in [2.45, 2.75) is 12.8 Å². The van der Waals surface area contributed by atoms with Crippen LogP contribution < -0.4 is 5.56 Å². The molecule has 0 aliphatic rings. The summed E-state index contributed by atoms with van der Waals surface area (Å²) in [5, 5.41) is 8.35. The maximum absolute atomic E-state index is 13.2. The molecule has 15 heavy (non-hydrogen) atoms. The first-order valence-corrected chi connectivity index (χ1v) is 3.83. The highest BCUT2D eigenvalue weighted by molar-refractivity contribution is 5.70. The lowest BCUT2D eigenvalue weighted by atomic mass is 10.1. The van der Waals surface area contributed by atoms with Crippen molar-refractivity contribution in [1.82, 2.24) is 4.98 Å². The lowest BCUT2D eigenvalue weighted by molar-refractivity contribution is -0.136. The van der Waals surface area contributed by atoms with Crippen molar-refractivity contribution in [2.75, 3.05) is 0 Å². The average molecular weight is 221 g/mol. The highest BCUT2D eigenvalue weighted by atomic mass is 19.3. The standard InChI is InChI=1S/C8H6F3NO3/c9-6-3(2-5(14)15)1-4(13)12-7(6)8(10)11/h1,8H,2H2,(H,12,13)(H,14,15). The predicted molar refractivity (Wildman–Crippen MR) is 43.3 cm³/mol. The number of hydrogen-bond acceptors (Lipinski definition) is 2. The fourth-order valence-corrected chi connectivity index (χ4v) is 1.06. The summed E-state index contributed by atoms with van der Waals surface area (Å²) in [5.74, 6) is -2.79. The van der Waals surface area contributed by atoms with Crippen LogP contribution in [0.15, 0.2) is 10.9 Å². The number of rotatable bonds is 3. The zero-order valence-electron chi connectivity index (χ0n) is 7.26. The van der Waals surface area contributed by atoms with Gasteiger partial charge in [0.25, 0.3) is 6.43 Å². The smallest absolute Gasteiger partial charge is 0.307 e. The van der Waals surface area contributed by atoms with E-state index in [9.17, 15) is 22.8 Å². The van der Waals surface area contributed by atoms with Crippen LogP contribution in [0.25, 0.3) is 0 Å². The second kappa shape index (κ2) is 4.16. The van der Waals surface area contributed by atoms with Crippen LogP contribution in [0.4, 0.5) is 13.2 Å². The highest BCUT2D eigenvalue weighted by Gasteiger charge is 2.19. The van der Waals surface area contributed by atoms with Gasteiger partial charge in [-0.2, -0.15) is 0 Å². The second-order valence-electron chi connectivity index (χ2n) is 2.76. The molecule has 82 valence electrons. The molecule has 1 heterocycles. The Morgan fingerprint density at radius 2 is 2.13 bits per heavy atom. The van der Waals surface area contributed by atoms with Crippen LogP contribution in [0.2, 0.25) is 0 Å². The van der Waals surface area contributed by atoms with Gasteiger partial charge >= 0.3 is 5.97 Å². The Bertz CT molecular complexity index is 441. The Labute approximate surface area is 81.4 Å². The molecule has 7 heteroatoms. The summed E-state index contributed by atoms with van der Waals surface area (Å²) in [4.78, 5) is 22.7. The van der Waals surface area contributed by atoms with E-state index in [2.05, 4.69) is 0 Å². The number of H-pyrrole nitrogens is 1. The van der Waals surface area contributed by atoms with E-state index in [0.29, 0.717) is 6.07 Å². The van der Waals surface area contributed by atoms with E-state index >= 15 is 0 Å². The molecular weight excluding hydrogens is 215 g/mol. The number of nitrogens with one attached hydrogen (secondary N) is 1. The number of hydrogen-bond donors (Lipinski definition) is 2. The Balaban J connectivity index is 3.28. The highest BCUT2D eigenvalue weighted by Crippen LogP contribution is 2.20. The normalized spacial score (nSPS) is 10.7. The van der Waals surface area contributed by atoms with E-state index in [1.165, 1.54) is 0 Å². The van der Waals surface area contributed by atoms with Gasteiger partial charge in [0.05, 0.1) is 6.42 Å². The van der Waals surface area contributed by atoms with E-state index in [0.717, 1.165) is 0 Å². The molecular formula is C8H6F3NO3. The topological polar surface area (TPSA) is 70.2 Å². The van der Waals surface area contributed by atoms with E-state index in [1.807, 2.05) is 0 Å². The van der Waals surface area contributed by atoms with Crippen LogP contribution in [-0.4, -0.2) is 16.1 Å². The first-order chi connectivity index (χ1) is 6.91. The van der Waals surface area contributed by atoms with Crippen LogP contribution in [0.1, 0.15) is 17.7 Å². The number of pyridine rings is 1. The molecule has 0 saturated heterocycles. The zero-order chi connectivity index (χ0) is 11.6. The third kappa shape index (κ3) is 2.58. The van der Waals surface area contributed by atoms with Gasteiger partial charge in [-0.15, -0.1) is 0 Å². The van der Waals surface area contributed by atoms with Crippen molar-refractivity contribution in [3.8, 4) is 0 Å². The van der Waals surface area contributed by atoms with Crippen molar-refractivity contribution in [2.24, 2.45) is 0 Å². The van der Waals surface area contributed by atoms with Crippen LogP contribution >= 0.6 is 0 Å². The van der Waals surface area contributed by atoms with Crippen LogP contribution in [-0.2, 0) is 11.2 Å². The monoisotopic (exact) mass is 221 g/mol. The number of carbonyl (C=O) groups is 1. The van der Waals surface area contributed by atoms with Gasteiger partial charge in [-0.3, -0.25) is 9.59 Å². The fraction of sp³-hybridized carbons (Fsp3) is 0.250. The Morgan fingerprint density at radius 1 is 1.53 bits per heavy atom. The number of alkyl halides is 2. The van der Waals surface area contributed by atoms with Gasteiger partial charge in [0.2, 0.25) is 5.56 Å². The number of carboxylic acids is 1. The largest absolute Gasteiger partial charge is 0.481 e. The van der Waals surface area contributed by atoms with Gasteiger partial charge in [0.15, 0.2) is 5.82 Å². The molecule has 0 unspecified atom stereocenters. The molecule has 0 fully saturated rings. The number of aliphatic carboxylic acids is 1. The van der Waals surface area contributed by atoms with E-state index in [-0.39, 0.29) is 0 Å². The van der Waals surface area contributed by atoms with Crippen molar-refractivity contribution in [3.05, 3.63) is 33.5 Å². The second-order valence-corrected chi connectivity index (χ2v) is 2.76. The van der Waals surface area contributed by atoms with Crippen LogP contribution in [0, 0.1) is 5.82 Å². The quantitative estimate of drug-likeness (QED) is 0.802.